The summed E-state index contributed by atoms with van der Waals surface area (Å²) in [5.41, 5.74) is 1.76. The molecule has 1 aromatic heterocycles. The SMILES string of the molecule is O=C(NCCCn1ccnc1)c1ccc(C(=O)c2ccccc2)cc1. The van der Waals surface area contributed by atoms with Crippen LogP contribution < -0.4 is 5.32 Å². The average molecular weight is 333 g/mol. The first-order chi connectivity index (χ1) is 12.2. The fraction of sp³-hybridized carbons (Fsp3) is 0.150. The Bertz CT molecular complexity index is 825. The molecule has 0 aliphatic heterocycles. The monoisotopic (exact) mass is 333 g/mol. The zero-order chi connectivity index (χ0) is 17.5. The summed E-state index contributed by atoms with van der Waals surface area (Å²) in [6, 6.07) is 15.8. The van der Waals surface area contributed by atoms with Gasteiger partial charge in [0.1, 0.15) is 0 Å². The lowest BCUT2D eigenvalue weighted by Gasteiger charge is -2.07. The summed E-state index contributed by atoms with van der Waals surface area (Å²) in [6.07, 6.45) is 6.21. The van der Waals surface area contributed by atoms with Gasteiger partial charge in [-0.1, -0.05) is 42.5 Å². The molecule has 0 unspecified atom stereocenters. The second-order valence-corrected chi connectivity index (χ2v) is 5.68. The normalized spacial score (nSPS) is 10.4. The molecule has 0 saturated carbocycles. The molecule has 1 amide bonds. The summed E-state index contributed by atoms with van der Waals surface area (Å²) < 4.78 is 1.97. The fourth-order valence-corrected chi connectivity index (χ4v) is 2.51. The molecule has 0 fully saturated rings. The zero-order valence-corrected chi connectivity index (χ0v) is 13.8. The Hall–Kier alpha value is -3.21. The van der Waals surface area contributed by atoms with Gasteiger partial charge in [0.05, 0.1) is 6.33 Å². The molecule has 126 valence electrons. The fourth-order valence-electron chi connectivity index (χ4n) is 2.51. The number of hydrogen-bond acceptors (Lipinski definition) is 3. The summed E-state index contributed by atoms with van der Waals surface area (Å²) in [7, 11) is 0. The van der Waals surface area contributed by atoms with Crippen LogP contribution in [0, 0.1) is 0 Å². The van der Waals surface area contributed by atoms with Crippen molar-refractivity contribution in [2.24, 2.45) is 0 Å². The molecule has 25 heavy (non-hydrogen) atoms. The number of carbonyl (C=O) groups excluding carboxylic acids is 2. The molecule has 1 heterocycles. The molecule has 2 aromatic carbocycles. The smallest absolute Gasteiger partial charge is 0.251 e. The summed E-state index contributed by atoms with van der Waals surface area (Å²) in [6.45, 7) is 1.40. The number of nitrogens with zero attached hydrogens (tertiary/aromatic N) is 2. The average Bonchev–Trinajstić information content (AvgIpc) is 3.19. The van der Waals surface area contributed by atoms with Crippen molar-refractivity contribution in [3.05, 3.63) is 90.0 Å². The van der Waals surface area contributed by atoms with Gasteiger partial charge in [-0.15, -0.1) is 0 Å². The molecule has 3 aromatic rings. The molecule has 1 N–H and O–H groups in total. The number of amides is 1. The number of aryl methyl sites for hydroxylation is 1. The van der Waals surface area contributed by atoms with E-state index in [1.54, 1.807) is 48.9 Å². The van der Waals surface area contributed by atoms with Crippen LogP contribution in [0.25, 0.3) is 0 Å². The molecule has 3 rings (SSSR count). The Morgan fingerprint density at radius 1 is 0.920 bits per heavy atom. The van der Waals surface area contributed by atoms with Crippen molar-refractivity contribution < 1.29 is 9.59 Å². The van der Waals surface area contributed by atoms with E-state index < -0.39 is 0 Å². The van der Waals surface area contributed by atoms with Gasteiger partial charge in [-0.2, -0.15) is 0 Å². The lowest BCUT2D eigenvalue weighted by molar-refractivity contribution is 0.0951. The standard InChI is InChI=1S/C20H19N3O2/c24-19(16-5-2-1-3-6-16)17-7-9-18(10-8-17)20(25)22-11-4-13-23-14-12-21-15-23/h1-3,5-10,12,14-15H,4,11,13H2,(H,22,25). The molecule has 0 saturated heterocycles. The summed E-state index contributed by atoms with van der Waals surface area (Å²) in [4.78, 5) is 28.5. The minimum atomic E-state index is -0.135. The van der Waals surface area contributed by atoms with E-state index in [4.69, 9.17) is 0 Å². The van der Waals surface area contributed by atoms with E-state index in [9.17, 15) is 9.59 Å². The van der Waals surface area contributed by atoms with Gasteiger partial charge in [-0.3, -0.25) is 9.59 Å². The van der Waals surface area contributed by atoms with E-state index in [2.05, 4.69) is 10.3 Å². The Kier molecular flexibility index (Phi) is 5.36. The highest BCUT2D eigenvalue weighted by molar-refractivity contribution is 6.09. The van der Waals surface area contributed by atoms with Crippen molar-refractivity contribution in [1.82, 2.24) is 14.9 Å². The highest BCUT2D eigenvalue weighted by atomic mass is 16.1. The van der Waals surface area contributed by atoms with E-state index in [-0.39, 0.29) is 11.7 Å². The number of imidazole rings is 1. The van der Waals surface area contributed by atoms with Crippen LogP contribution in [0.2, 0.25) is 0 Å². The third-order valence-electron chi connectivity index (χ3n) is 3.88. The van der Waals surface area contributed by atoms with Crippen LogP contribution in [-0.2, 0) is 6.54 Å². The van der Waals surface area contributed by atoms with Crippen LogP contribution in [0.15, 0.2) is 73.3 Å². The van der Waals surface area contributed by atoms with Crippen LogP contribution in [-0.4, -0.2) is 27.8 Å². The zero-order valence-electron chi connectivity index (χ0n) is 13.8. The van der Waals surface area contributed by atoms with Crippen molar-refractivity contribution >= 4 is 11.7 Å². The Morgan fingerprint density at radius 3 is 2.28 bits per heavy atom. The van der Waals surface area contributed by atoms with E-state index in [0.717, 1.165) is 13.0 Å². The molecule has 0 radical (unpaired) electrons. The number of ketones is 1. The van der Waals surface area contributed by atoms with Crippen molar-refractivity contribution in [1.29, 1.82) is 0 Å². The minimum absolute atomic E-state index is 0.0482. The Morgan fingerprint density at radius 2 is 1.60 bits per heavy atom. The molecule has 0 atom stereocenters. The molecular weight excluding hydrogens is 314 g/mol. The van der Waals surface area contributed by atoms with Gasteiger partial charge in [0.25, 0.3) is 5.91 Å². The summed E-state index contributed by atoms with van der Waals surface area (Å²) in [5.74, 6) is -0.183. The van der Waals surface area contributed by atoms with Gasteiger partial charge in [0, 0.05) is 42.2 Å². The number of rotatable bonds is 7. The molecule has 0 spiro atoms. The Labute approximate surface area is 146 Å². The van der Waals surface area contributed by atoms with Gasteiger partial charge in [-0.05, 0) is 18.6 Å². The molecular formula is C20H19N3O2. The predicted octanol–water partition coefficient (Wildman–Crippen LogP) is 2.93. The first kappa shape index (κ1) is 16.6. The van der Waals surface area contributed by atoms with E-state index >= 15 is 0 Å². The van der Waals surface area contributed by atoms with Gasteiger partial charge < -0.3 is 9.88 Å². The van der Waals surface area contributed by atoms with Crippen LogP contribution >= 0.6 is 0 Å². The van der Waals surface area contributed by atoms with Crippen LogP contribution in [0.5, 0.6) is 0 Å². The van der Waals surface area contributed by atoms with Crippen molar-refractivity contribution in [2.45, 2.75) is 13.0 Å². The van der Waals surface area contributed by atoms with Gasteiger partial charge in [-0.25, -0.2) is 4.98 Å². The molecule has 0 bridgehead atoms. The maximum atomic E-state index is 12.3. The van der Waals surface area contributed by atoms with Crippen LogP contribution in [0.4, 0.5) is 0 Å². The second-order valence-electron chi connectivity index (χ2n) is 5.68. The number of hydrogen-bond donors (Lipinski definition) is 1. The van der Waals surface area contributed by atoms with E-state index in [1.165, 1.54) is 0 Å². The van der Waals surface area contributed by atoms with Crippen molar-refractivity contribution in [2.75, 3.05) is 6.54 Å². The van der Waals surface area contributed by atoms with Crippen LogP contribution in [0.1, 0.15) is 32.7 Å². The lowest BCUT2D eigenvalue weighted by atomic mass is 10.0. The topological polar surface area (TPSA) is 64.0 Å². The summed E-state index contributed by atoms with van der Waals surface area (Å²) >= 11 is 0. The van der Waals surface area contributed by atoms with E-state index in [0.29, 0.717) is 23.2 Å². The lowest BCUT2D eigenvalue weighted by Crippen LogP contribution is -2.25. The van der Waals surface area contributed by atoms with Crippen molar-refractivity contribution in [3.8, 4) is 0 Å². The third kappa shape index (κ3) is 4.41. The molecule has 0 aliphatic carbocycles. The third-order valence-corrected chi connectivity index (χ3v) is 3.88. The maximum Gasteiger partial charge on any atom is 0.251 e. The maximum absolute atomic E-state index is 12.3. The minimum Gasteiger partial charge on any atom is -0.352 e. The highest BCUT2D eigenvalue weighted by Gasteiger charge is 2.10. The van der Waals surface area contributed by atoms with Gasteiger partial charge >= 0.3 is 0 Å². The molecule has 5 heteroatoms. The molecule has 5 nitrogen and oxygen atoms in total. The van der Waals surface area contributed by atoms with Crippen LogP contribution in [0.3, 0.4) is 0 Å². The van der Waals surface area contributed by atoms with Gasteiger partial charge in [0.15, 0.2) is 5.78 Å². The molecule has 0 aliphatic rings. The second kappa shape index (κ2) is 8.06. The predicted molar refractivity (Wildman–Crippen MR) is 95.5 cm³/mol. The highest BCUT2D eigenvalue weighted by Crippen LogP contribution is 2.11. The van der Waals surface area contributed by atoms with Gasteiger partial charge in [0.2, 0.25) is 0 Å². The largest absolute Gasteiger partial charge is 0.352 e. The van der Waals surface area contributed by atoms with E-state index in [1.807, 2.05) is 29.0 Å². The first-order valence-electron chi connectivity index (χ1n) is 8.18. The number of aromatic nitrogens is 2. The van der Waals surface area contributed by atoms with Crippen molar-refractivity contribution in [3.63, 3.8) is 0 Å². The number of nitrogens with one attached hydrogen (secondary N) is 1. The number of carbonyl (C=O) groups is 2. The number of benzene rings is 2. The Balaban J connectivity index is 1.53. The quantitative estimate of drug-likeness (QED) is 0.534. The summed E-state index contributed by atoms with van der Waals surface area (Å²) in [5, 5.41) is 2.88. The first-order valence-corrected chi connectivity index (χ1v) is 8.18.